The summed E-state index contributed by atoms with van der Waals surface area (Å²) in [5.41, 5.74) is 6.83. The highest BCUT2D eigenvalue weighted by Crippen LogP contribution is 2.36. The van der Waals surface area contributed by atoms with Crippen LogP contribution in [0.1, 0.15) is 53.2 Å². The molecule has 0 atom stereocenters. The van der Waals surface area contributed by atoms with Gasteiger partial charge in [-0.15, -0.1) is 0 Å². The van der Waals surface area contributed by atoms with E-state index in [0.717, 1.165) is 110 Å². The summed E-state index contributed by atoms with van der Waals surface area (Å²) in [6, 6.07) is 10.7. The van der Waals surface area contributed by atoms with Crippen molar-refractivity contribution in [3.8, 4) is 5.75 Å². The van der Waals surface area contributed by atoms with Gasteiger partial charge in [0.15, 0.2) is 0 Å². The topological polar surface area (TPSA) is 89.7 Å². The molecule has 0 unspecified atom stereocenters. The second-order valence-electron chi connectivity index (χ2n) is 10.8. The molecule has 0 spiro atoms. The van der Waals surface area contributed by atoms with Crippen molar-refractivity contribution in [2.75, 3.05) is 49.5 Å². The number of carbonyl (C=O) groups excluding carboxylic acids is 1. The minimum atomic E-state index is -0.000628. The van der Waals surface area contributed by atoms with Crippen molar-refractivity contribution in [3.63, 3.8) is 0 Å². The second kappa shape index (κ2) is 10.3. The Balaban J connectivity index is 1.16. The zero-order valence-electron chi connectivity index (χ0n) is 22.4. The summed E-state index contributed by atoms with van der Waals surface area (Å²) in [7, 11) is 0. The highest BCUT2D eigenvalue weighted by atomic mass is 16.5. The SMILES string of the molecule is CCOc1cc(CN2CCN(c3ccc(C(=O)NC4CC4)cc3C)CC2)cc2[nH]c(=O)c3c(c12)NCCC3. The molecule has 200 valence electrons. The zero-order chi connectivity index (χ0) is 26.2. The van der Waals surface area contributed by atoms with E-state index in [9.17, 15) is 9.59 Å². The van der Waals surface area contributed by atoms with Crippen molar-refractivity contribution in [1.29, 1.82) is 0 Å². The first kappa shape index (κ1) is 24.8. The molecule has 0 bridgehead atoms. The molecule has 1 amide bonds. The van der Waals surface area contributed by atoms with Crippen LogP contribution in [0.25, 0.3) is 10.9 Å². The second-order valence-corrected chi connectivity index (χ2v) is 10.8. The van der Waals surface area contributed by atoms with Crippen molar-refractivity contribution in [2.24, 2.45) is 0 Å². The smallest absolute Gasteiger partial charge is 0.253 e. The number of pyridine rings is 1. The maximum Gasteiger partial charge on any atom is 0.253 e. The van der Waals surface area contributed by atoms with Gasteiger partial charge in [-0.1, -0.05) is 0 Å². The Morgan fingerprint density at radius 2 is 1.95 bits per heavy atom. The summed E-state index contributed by atoms with van der Waals surface area (Å²) in [4.78, 5) is 33.2. The van der Waals surface area contributed by atoms with Crippen LogP contribution in [0.4, 0.5) is 11.4 Å². The van der Waals surface area contributed by atoms with Crippen LogP contribution in [0, 0.1) is 6.92 Å². The minimum absolute atomic E-state index is 0.000628. The Bertz CT molecular complexity index is 1420. The summed E-state index contributed by atoms with van der Waals surface area (Å²) in [5, 5.41) is 7.51. The van der Waals surface area contributed by atoms with E-state index >= 15 is 0 Å². The molecule has 1 aromatic heterocycles. The fraction of sp³-hybridized carbons (Fsp3) is 0.467. The van der Waals surface area contributed by atoms with Gasteiger partial charge in [0.25, 0.3) is 11.5 Å². The predicted molar refractivity (Wildman–Crippen MR) is 152 cm³/mol. The number of benzene rings is 2. The van der Waals surface area contributed by atoms with Gasteiger partial charge in [0.05, 0.1) is 23.2 Å². The van der Waals surface area contributed by atoms with Crippen LogP contribution in [0.2, 0.25) is 0 Å². The van der Waals surface area contributed by atoms with Crippen LogP contribution in [-0.2, 0) is 13.0 Å². The predicted octanol–water partition coefficient (Wildman–Crippen LogP) is 3.81. The van der Waals surface area contributed by atoms with Gasteiger partial charge >= 0.3 is 0 Å². The Labute approximate surface area is 223 Å². The number of hydrogen-bond acceptors (Lipinski definition) is 6. The summed E-state index contributed by atoms with van der Waals surface area (Å²) < 4.78 is 6.08. The number of H-pyrrole nitrogens is 1. The molecule has 1 saturated heterocycles. The summed E-state index contributed by atoms with van der Waals surface area (Å²) in [6.45, 7) is 10.1. The van der Waals surface area contributed by atoms with E-state index in [1.54, 1.807) is 0 Å². The average Bonchev–Trinajstić information content (AvgIpc) is 3.73. The number of amides is 1. The number of ether oxygens (including phenoxy) is 1. The molecule has 3 aliphatic rings. The van der Waals surface area contributed by atoms with E-state index in [1.807, 2.05) is 19.1 Å². The fourth-order valence-corrected chi connectivity index (χ4v) is 5.82. The number of hydrogen-bond donors (Lipinski definition) is 3. The maximum absolute atomic E-state index is 12.8. The molecule has 0 radical (unpaired) electrons. The number of aryl methyl sites for hydroxylation is 1. The molecule has 38 heavy (non-hydrogen) atoms. The number of rotatable bonds is 7. The van der Waals surface area contributed by atoms with E-state index in [1.165, 1.54) is 5.69 Å². The van der Waals surface area contributed by atoms with E-state index < -0.39 is 0 Å². The van der Waals surface area contributed by atoms with Crippen molar-refractivity contribution >= 4 is 28.2 Å². The van der Waals surface area contributed by atoms with Crippen LogP contribution < -0.4 is 25.8 Å². The van der Waals surface area contributed by atoms with Gasteiger partial charge in [0, 0.05) is 62.1 Å². The average molecular weight is 516 g/mol. The molecule has 3 aromatic rings. The van der Waals surface area contributed by atoms with E-state index in [2.05, 4.69) is 50.5 Å². The summed E-state index contributed by atoms with van der Waals surface area (Å²) in [5.74, 6) is 0.869. The number of carbonyl (C=O) groups is 1. The molecule has 8 heteroatoms. The first-order chi connectivity index (χ1) is 18.5. The van der Waals surface area contributed by atoms with Gasteiger partial charge in [0.1, 0.15) is 5.75 Å². The summed E-state index contributed by atoms with van der Waals surface area (Å²) in [6.07, 6.45) is 3.95. The number of aromatic amines is 1. The van der Waals surface area contributed by atoms with Crippen molar-refractivity contribution in [1.82, 2.24) is 15.2 Å². The van der Waals surface area contributed by atoms with Crippen molar-refractivity contribution in [3.05, 3.63) is 62.9 Å². The van der Waals surface area contributed by atoms with Crippen LogP contribution >= 0.6 is 0 Å². The van der Waals surface area contributed by atoms with Gasteiger partial charge in [0.2, 0.25) is 0 Å². The normalized spacial score (nSPS) is 17.7. The molecule has 2 aromatic carbocycles. The Morgan fingerprint density at radius 1 is 1.13 bits per heavy atom. The first-order valence-corrected chi connectivity index (χ1v) is 14.0. The molecule has 1 saturated carbocycles. The third-order valence-corrected chi connectivity index (χ3v) is 7.93. The fourth-order valence-electron chi connectivity index (χ4n) is 5.82. The minimum Gasteiger partial charge on any atom is -0.493 e. The van der Waals surface area contributed by atoms with Gasteiger partial charge in [-0.25, -0.2) is 0 Å². The molecular weight excluding hydrogens is 478 g/mol. The molecule has 8 nitrogen and oxygen atoms in total. The number of anilines is 2. The lowest BCUT2D eigenvalue weighted by Crippen LogP contribution is -2.46. The number of nitrogens with one attached hydrogen (secondary N) is 3. The Hall–Kier alpha value is -3.52. The van der Waals surface area contributed by atoms with Crippen molar-refractivity contribution in [2.45, 2.75) is 52.1 Å². The van der Waals surface area contributed by atoms with Gasteiger partial charge in [-0.3, -0.25) is 14.5 Å². The monoisotopic (exact) mass is 515 g/mol. The van der Waals surface area contributed by atoms with Gasteiger partial charge < -0.3 is 25.3 Å². The summed E-state index contributed by atoms with van der Waals surface area (Å²) >= 11 is 0. The van der Waals surface area contributed by atoms with Gasteiger partial charge in [-0.05, 0) is 81.0 Å². The Kier molecular flexibility index (Phi) is 6.74. The number of fused-ring (bicyclic) bond motifs is 3. The maximum atomic E-state index is 12.8. The lowest BCUT2D eigenvalue weighted by Gasteiger charge is -2.37. The van der Waals surface area contributed by atoms with Crippen molar-refractivity contribution < 1.29 is 9.53 Å². The molecule has 2 aliphatic heterocycles. The molecule has 1 aliphatic carbocycles. The standard InChI is InChI=1S/C30H37N5O3/c1-3-38-26-17-20(16-24-27(26)28-23(30(37)33-24)5-4-10-31-28)18-34-11-13-35(14-12-34)25-9-6-21(15-19(25)2)29(36)32-22-7-8-22/h6,9,15-17,22,31H,3-5,7-8,10-14,18H2,1-2H3,(H,32,36)(H,33,37). The van der Waals surface area contributed by atoms with E-state index in [0.29, 0.717) is 12.6 Å². The lowest BCUT2D eigenvalue weighted by molar-refractivity contribution is 0.0951. The number of nitrogens with zero attached hydrogens (tertiary/aromatic N) is 2. The lowest BCUT2D eigenvalue weighted by atomic mass is 9.99. The Morgan fingerprint density at radius 3 is 2.68 bits per heavy atom. The third-order valence-electron chi connectivity index (χ3n) is 7.93. The molecule has 3 N–H and O–H groups in total. The first-order valence-electron chi connectivity index (χ1n) is 14.0. The largest absolute Gasteiger partial charge is 0.493 e. The molecule has 3 heterocycles. The van der Waals surface area contributed by atoms with Gasteiger partial charge in [-0.2, -0.15) is 0 Å². The van der Waals surface area contributed by atoms with Crippen LogP contribution in [-0.4, -0.2) is 61.2 Å². The molecule has 2 fully saturated rings. The van der Waals surface area contributed by atoms with Crippen LogP contribution in [0.5, 0.6) is 5.75 Å². The highest BCUT2D eigenvalue weighted by Gasteiger charge is 2.25. The molecular formula is C30H37N5O3. The third kappa shape index (κ3) is 4.97. The van der Waals surface area contributed by atoms with E-state index in [-0.39, 0.29) is 11.5 Å². The van der Waals surface area contributed by atoms with E-state index in [4.69, 9.17) is 4.74 Å². The molecule has 6 rings (SSSR count). The number of piperazine rings is 1. The van der Waals surface area contributed by atoms with Crippen LogP contribution in [0.15, 0.2) is 35.1 Å². The number of aromatic nitrogens is 1. The van der Waals surface area contributed by atoms with Crippen LogP contribution in [0.3, 0.4) is 0 Å². The quantitative estimate of drug-likeness (QED) is 0.444. The zero-order valence-corrected chi connectivity index (χ0v) is 22.4. The highest BCUT2D eigenvalue weighted by molar-refractivity contribution is 5.98.